The third kappa shape index (κ3) is 3.43. The summed E-state index contributed by atoms with van der Waals surface area (Å²) < 4.78 is 15.8. The molecule has 30 heavy (non-hydrogen) atoms. The summed E-state index contributed by atoms with van der Waals surface area (Å²) >= 11 is 0. The lowest BCUT2D eigenvalue weighted by Crippen LogP contribution is -2.39. The molecule has 1 fully saturated rings. The molecule has 3 aromatic heterocycles. The van der Waals surface area contributed by atoms with Crippen LogP contribution in [0.4, 0.5) is 4.39 Å². The SMILES string of the molecule is O=C(c1ccccc1F)N1CCCC(c2nc3ccc(-c4cccnc4)cn3n2)C1. The highest BCUT2D eigenvalue weighted by Crippen LogP contribution is 2.27. The number of carbonyl (C=O) groups is 1. The molecule has 0 N–H and O–H groups in total. The quantitative estimate of drug-likeness (QED) is 0.521. The van der Waals surface area contributed by atoms with E-state index in [9.17, 15) is 9.18 Å². The van der Waals surface area contributed by atoms with Gasteiger partial charge in [-0.1, -0.05) is 18.2 Å². The number of piperidine rings is 1. The van der Waals surface area contributed by atoms with E-state index in [2.05, 4.69) is 15.1 Å². The van der Waals surface area contributed by atoms with Gasteiger partial charge in [-0.25, -0.2) is 13.9 Å². The molecule has 7 heteroatoms. The van der Waals surface area contributed by atoms with E-state index in [4.69, 9.17) is 0 Å². The van der Waals surface area contributed by atoms with Crippen molar-refractivity contribution in [1.82, 2.24) is 24.5 Å². The van der Waals surface area contributed by atoms with Gasteiger partial charge in [0.1, 0.15) is 5.82 Å². The van der Waals surface area contributed by atoms with Gasteiger partial charge >= 0.3 is 0 Å². The topological polar surface area (TPSA) is 63.4 Å². The molecule has 0 spiro atoms. The fraction of sp³-hybridized carbons (Fsp3) is 0.217. The molecule has 1 aliphatic rings. The van der Waals surface area contributed by atoms with E-state index in [0.29, 0.717) is 18.9 Å². The third-order valence-electron chi connectivity index (χ3n) is 5.52. The monoisotopic (exact) mass is 401 g/mol. The summed E-state index contributed by atoms with van der Waals surface area (Å²) in [6.07, 6.45) is 7.22. The van der Waals surface area contributed by atoms with Crippen LogP contribution < -0.4 is 0 Å². The van der Waals surface area contributed by atoms with Crippen molar-refractivity contribution in [3.8, 4) is 11.1 Å². The Morgan fingerprint density at radius 2 is 1.97 bits per heavy atom. The molecule has 1 atom stereocenters. The first-order valence-corrected chi connectivity index (χ1v) is 9.99. The summed E-state index contributed by atoms with van der Waals surface area (Å²) in [6.45, 7) is 1.10. The summed E-state index contributed by atoms with van der Waals surface area (Å²) in [5.74, 6) is -0.0283. The minimum atomic E-state index is -0.488. The molecular formula is C23H20FN5O. The summed E-state index contributed by atoms with van der Waals surface area (Å²) in [7, 11) is 0. The summed E-state index contributed by atoms with van der Waals surface area (Å²) in [6, 6.07) is 14.0. The number of hydrogen-bond acceptors (Lipinski definition) is 4. The highest BCUT2D eigenvalue weighted by atomic mass is 19.1. The van der Waals surface area contributed by atoms with Crippen LogP contribution in [0.1, 0.15) is 34.9 Å². The number of pyridine rings is 2. The zero-order chi connectivity index (χ0) is 20.5. The molecule has 150 valence electrons. The van der Waals surface area contributed by atoms with Gasteiger partial charge < -0.3 is 4.90 Å². The van der Waals surface area contributed by atoms with Gasteiger partial charge in [0.2, 0.25) is 0 Å². The first-order valence-electron chi connectivity index (χ1n) is 9.99. The Morgan fingerprint density at radius 3 is 2.80 bits per heavy atom. The van der Waals surface area contributed by atoms with Crippen LogP contribution in [0, 0.1) is 5.82 Å². The molecule has 1 unspecified atom stereocenters. The summed E-state index contributed by atoms with van der Waals surface area (Å²) in [5.41, 5.74) is 2.89. The second-order valence-corrected chi connectivity index (χ2v) is 7.50. The zero-order valence-electron chi connectivity index (χ0n) is 16.3. The third-order valence-corrected chi connectivity index (χ3v) is 5.52. The number of aromatic nitrogens is 4. The van der Waals surface area contributed by atoms with Crippen LogP contribution in [0.15, 0.2) is 67.1 Å². The Bertz CT molecular complexity index is 1210. The van der Waals surface area contributed by atoms with Crippen molar-refractivity contribution in [2.45, 2.75) is 18.8 Å². The summed E-state index contributed by atoms with van der Waals surface area (Å²) in [5, 5.41) is 4.68. The molecule has 1 aromatic carbocycles. The molecule has 4 heterocycles. The number of rotatable bonds is 3. The van der Waals surface area contributed by atoms with Crippen molar-refractivity contribution in [1.29, 1.82) is 0 Å². The zero-order valence-corrected chi connectivity index (χ0v) is 16.3. The molecule has 6 nitrogen and oxygen atoms in total. The minimum Gasteiger partial charge on any atom is -0.338 e. The van der Waals surface area contributed by atoms with E-state index >= 15 is 0 Å². The average molecular weight is 401 g/mol. The molecule has 1 amide bonds. The molecule has 5 rings (SSSR count). The van der Waals surface area contributed by atoms with Crippen LogP contribution in [0.2, 0.25) is 0 Å². The molecule has 0 saturated carbocycles. The lowest BCUT2D eigenvalue weighted by molar-refractivity contribution is 0.0700. The molecule has 1 aliphatic heterocycles. The number of nitrogens with zero attached hydrogens (tertiary/aromatic N) is 5. The number of carbonyl (C=O) groups excluding carboxylic acids is 1. The van der Waals surface area contributed by atoms with Crippen LogP contribution in [-0.4, -0.2) is 43.5 Å². The smallest absolute Gasteiger partial charge is 0.256 e. The van der Waals surface area contributed by atoms with Gasteiger partial charge in [0.25, 0.3) is 5.91 Å². The molecule has 0 bridgehead atoms. The maximum atomic E-state index is 14.1. The second kappa shape index (κ2) is 7.67. The number of benzene rings is 1. The number of fused-ring (bicyclic) bond motifs is 1. The van der Waals surface area contributed by atoms with Crippen LogP contribution in [-0.2, 0) is 0 Å². The largest absolute Gasteiger partial charge is 0.338 e. The van der Waals surface area contributed by atoms with Gasteiger partial charge in [0.05, 0.1) is 5.56 Å². The van der Waals surface area contributed by atoms with E-state index < -0.39 is 5.82 Å². The van der Waals surface area contributed by atoms with Crippen LogP contribution >= 0.6 is 0 Å². The number of likely N-dealkylation sites (tertiary alicyclic amines) is 1. The predicted molar refractivity (Wildman–Crippen MR) is 110 cm³/mol. The van der Waals surface area contributed by atoms with Crippen LogP contribution in [0.3, 0.4) is 0 Å². The molecule has 0 radical (unpaired) electrons. The lowest BCUT2D eigenvalue weighted by Gasteiger charge is -2.31. The van der Waals surface area contributed by atoms with Gasteiger partial charge in [0, 0.05) is 48.7 Å². The lowest BCUT2D eigenvalue weighted by atomic mass is 9.96. The summed E-state index contributed by atoms with van der Waals surface area (Å²) in [4.78, 5) is 23.4. The number of amides is 1. The Kier molecular flexibility index (Phi) is 4.71. The predicted octanol–water partition coefficient (Wildman–Crippen LogP) is 3.95. The number of hydrogen-bond donors (Lipinski definition) is 0. The van der Waals surface area contributed by atoms with Crippen molar-refractivity contribution in [2.24, 2.45) is 0 Å². The van der Waals surface area contributed by atoms with Crippen molar-refractivity contribution in [2.75, 3.05) is 13.1 Å². The van der Waals surface area contributed by atoms with Gasteiger partial charge in [-0.2, -0.15) is 5.10 Å². The Balaban J connectivity index is 1.40. The van der Waals surface area contributed by atoms with E-state index in [-0.39, 0.29) is 17.4 Å². The molecule has 0 aliphatic carbocycles. The minimum absolute atomic E-state index is 0.0243. The normalized spacial score (nSPS) is 16.7. The van der Waals surface area contributed by atoms with Crippen LogP contribution in [0.5, 0.6) is 0 Å². The van der Waals surface area contributed by atoms with E-state index in [1.807, 2.05) is 36.7 Å². The van der Waals surface area contributed by atoms with E-state index in [1.165, 1.54) is 12.1 Å². The fourth-order valence-corrected chi connectivity index (χ4v) is 3.95. The fourth-order valence-electron chi connectivity index (χ4n) is 3.95. The van der Waals surface area contributed by atoms with Crippen molar-refractivity contribution in [3.63, 3.8) is 0 Å². The van der Waals surface area contributed by atoms with Crippen molar-refractivity contribution < 1.29 is 9.18 Å². The highest BCUT2D eigenvalue weighted by Gasteiger charge is 2.29. The Morgan fingerprint density at radius 1 is 1.07 bits per heavy atom. The molecule has 1 saturated heterocycles. The van der Waals surface area contributed by atoms with Crippen molar-refractivity contribution in [3.05, 3.63) is 84.3 Å². The average Bonchev–Trinajstić information content (AvgIpc) is 3.23. The van der Waals surface area contributed by atoms with Gasteiger partial charge in [-0.15, -0.1) is 0 Å². The highest BCUT2D eigenvalue weighted by molar-refractivity contribution is 5.94. The first kappa shape index (κ1) is 18.4. The maximum Gasteiger partial charge on any atom is 0.256 e. The van der Waals surface area contributed by atoms with Crippen molar-refractivity contribution >= 4 is 11.6 Å². The maximum absolute atomic E-state index is 14.1. The van der Waals surface area contributed by atoms with Gasteiger partial charge in [0.15, 0.2) is 11.5 Å². The molecule has 4 aromatic rings. The van der Waals surface area contributed by atoms with E-state index in [0.717, 1.165) is 29.6 Å². The van der Waals surface area contributed by atoms with Gasteiger partial charge in [-0.05, 0) is 43.2 Å². The Labute approximate surface area is 173 Å². The van der Waals surface area contributed by atoms with Crippen LogP contribution in [0.25, 0.3) is 16.8 Å². The second-order valence-electron chi connectivity index (χ2n) is 7.50. The Hall–Kier alpha value is -3.61. The molecular weight excluding hydrogens is 381 g/mol. The number of halogens is 1. The van der Waals surface area contributed by atoms with Gasteiger partial charge in [-0.3, -0.25) is 9.78 Å². The van der Waals surface area contributed by atoms with E-state index in [1.54, 1.807) is 27.7 Å². The first-order chi connectivity index (χ1) is 14.7. The standard InChI is InChI=1S/C23H20FN5O/c24-20-8-2-1-7-19(20)23(30)28-12-4-6-18(14-28)22-26-21-10-9-17(15-29(21)27-22)16-5-3-11-25-13-16/h1-3,5,7-11,13,15,18H,4,6,12,14H2.